The van der Waals surface area contributed by atoms with Gasteiger partial charge in [0.05, 0.1) is 16.2 Å². The first kappa shape index (κ1) is 13.6. The molecule has 0 saturated heterocycles. The van der Waals surface area contributed by atoms with E-state index in [4.69, 9.17) is 17.3 Å². The van der Waals surface area contributed by atoms with Crippen molar-refractivity contribution in [1.82, 2.24) is 4.98 Å². The predicted octanol–water partition coefficient (Wildman–Crippen LogP) is 4.49. The molecular weight excluding hydrogens is 296 g/mol. The number of nitrogen functional groups attached to an aromatic ring is 1. The largest absolute Gasteiger partial charge is 0.398 e. The van der Waals surface area contributed by atoms with E-state index in [1.165, 1.54) is 30.5 Å². The van der Waals surface area contributed by atoms with Crippen LogP contribution in [0.25, 0.3) is 10.9 Å². The smallest absolute Gasteiger partial charge is 0.150 e. The molecule has 2 aromatic carbocycles. The Morgan fingerprint density at radius 3 is 2.62 bits per heavy atom. The molecule has 0 fully saturated rings. The Balaban J connectivity index is 2.22. The predicted molar refractivity (Wildman–Crippen MR) is 80.8 cm³/mol. The summed E-state index contributed by atoms with van der Waals surface area (Å²) in [6, 6.07) is 8.79. The number of nitrogens with two attached hydrogens (primary N) is 1. The van der Waals surface area contributed by atoms with E-state index in [1.807, 2.05) is 0 Å². The Morgan fingerprint density at radius 1 is 1.05 bits per heavy atom. The molecule has 0 unspecified atom stereocenters. The van der Waals surface area contributed by atoms with Crippen LogP contribution < -0.4 is 11.1 Å². The fourth-order valence-electron chi connectivity index (χ4n) is 2.10. The van der Waals surface area contributed by atoms with Gasteiger partial charge in [0.25, 0.3) is 0 Å². The zero-order valence-corrected chi connectivity index (χ0v) is 11.5. The van der Waals surface area contributed by atoms with Gasteiger partial charge in [0, 0.05) is 17.3 Å². The zero-order valence-electron chi connectivity index (χ0n) is 10.7. The van der Waals surface area contributed by atoms with Gasteiger partial charge in [0.1, 0.15) is 11.5 Å². The lowest BCUT2D eigenvalue weighted by atomic mass is 10.1. The lowest BCUT2D eigenvalue weighted by molar-refractivity contribution is 0.626. The minimum absolute atomic E-state index is 0.00482. The zero-order chi connectivity index (χ0) is 15.0. The van der Waals surface area contributed by atoms with E-state index in [9.17, 15) is 8.78 Å². The lowest BCUT2D eigenvalue weighted by Crippen LogP contribution is -2.01. The maximum absolute atomic E-state index is 14.2. The van der Waals surface area contributed by atoms with Crippen molar-refractivity contribution in [3.8, 4) is 0 Å². The topological polar surface area (TPSA) is 50.9 Å². The van der Waals surface area contributed by atoms with Crippen molar-refractivity contribution in [2.24, 2.45) is 0 Å². The highest BCUT2D eigenvalue weighted by Crippen LogP contribution is 2.34. The van der Waals surface area contributed by atoms with Crippen LogP contribution in [0.5, 0.6) is 0 Å². The summed E-state index contributed by atoms with van der Waals surface area (Å²) < 4.78 is 28.0. The number of fused-ring (bicyclic) bond motifs is 1. The number of nitrogens with zero attached hydrogens (tertiary/aromatic N) is 1. The number of halogens is 3. The normalized spacial score (nSPS) is 10.8. The molecule has 0 aliphatic carbocycles. The second-order valence-electron chi connectivity index (χ2n) is 4.44. The van der Waals surface area contributed by atoms with Gasteiger partial charge in [0.2, 0.25) is 0 Å². The Labute approximate surface area is 124 Å². The van der Waals surface area contributed by atoms with E-state index < -0.39 is 11.6 Å². The number of para-hydroxylation sites is 1. The van der Waals surface area contributed by atoms with Crippen LogP contribution in [0.1, 0.15) is 0 Å². The van der Waals surface area contributed by atoms with E-state index in [-0.39, 0.29) is 22.1 Å². The maximum atomic E-state index is 14.2. The highest BCUT2D eigenvalue weighted by molar-refractivity contribution is 6.33. The monoisotopic (exact) mass is 305 g/mol. The van der Waals surface area contributed by atoms with Crippen LogP contribution in [0.3, 0.4) is 0 Å². The van der Waals surface area contributed by atoms with Crippen molar-refractivity contribution >= 4 is 39.6 Å². The van der Waals surface area contributed by atoms with Crippen LogP contribution in [0.15, 0.2) is 42.6 Å². The fourth-order valence-corrected chi connectivity index (χ4v) is 2.31. The number of hydrogen-bond donors (Lipinski definition) is 2. The third kappa shape index (κ3) is 2.36. The summed E-state index contributed by atoms with van der Waals surface area (Å²) in [7, 11) is 0. The lowest BCUT2D eigenvalue weighted by Gasteiger charge is -2.13. The number of hydrogen-bond acceptors (Lipinski definition) is 3. The molecule has 3 nitrogen and oxygen atoms in total. The number of nitrogens with one attached hydrogen (secondary N) is 1. The number of rotatable bonds is 2. The van der Waals surface area contributed by atoms with Crippen LogP contribution in [-0.4, -0.2) is 4.98 Å². The highest BCUT2D eigenvalue weighted by atomic mass is 35.5. The first-order valence-corrected chi connectivity index (χ1v) is 6.49. The molecular formula is C15H10ClF2N3. The number of benzene rings is 2. The average Bonchev–Trinajstić information content (AvgIpc) is 2.46. The molecule has 3 rings (SSSR count). The van der Waals surface area contributed by atoms with Crippen LogP contribution in [0, 0.1) is 11.6 Å². The van der Waals surface area contributed by atoms with Crippen molar-refractivity contribution in [3.05, 3.63) is 59.3 Å². The molecule has 0 aliphatic heterocycles. The second-order valence-corrected chi connectivity index (χ2v) is 4.85. The molecule has 0 amide bonds. The Kier molecular flexibility index (Phi) is 3.35. The molecule has 3 aromatic rings. The van der Waals surface area contributed by atoms with E-state index in [1.54, 1.807) is 12.1 Å². The van der Waals surface area contributed by atoms with E-state index >= 15 is 0 Å². The summed E-state index contributed by atoms with van der Waals surface area (Å²) in [5.41, 5.74) is 6.38. The summed E-state index contributed by atoms with van der Waals surface area (Å²) in [5.74, 6) is -1.21. The molecule has 0 radical (unpaired) electrons. The molecule has 0 atom stereocenters. The molecule has 3 N–H and O–H groups in total. The molecule has 0 saturated carbocycles. The number of pyridine rings is 1. The molecule has 0 spiro atoms. The van der Waals surface area contributed by atoms with Gasteiger partial charge in [-0.2, -0.15) is 0 Å². The van der Waals surface area contributed by atoms with Crippen molar-refractivity contribution in [2.75, 3.05) is 11.1 Å². The van der Waals surface area contributed by atoms with Gasteiger partial charge < -0.3 is 11.1 Å². The SMILES string of the molecule is Nc1cc(F)c(Nc2c(F)cccc2Cl)c2ncccc12. The van der Waals surface area contributed by atoms with Gasteiger partial charge >= 0.3 is 0 Å². The van der Waals surface area contributed by atoms with Gasteiger partial charge in [-0.15, -0.1) is 0 Å². The van der Waals surface area contributed by atoms with Crippen molar-refractivity contribution in [3.63, 3.8) is 0 Å². The minimum Gasteiger partial charge on any atom is -0.398 e. The van der Waals surface area contributed by atoms with Gasteiger partial charge in [-0.1, -0.05) is 17.7 Å². The summed E-state index contributed by atoms with van der Waals surface area (Å²) in [6.07, 6.45) is 1.51. The highest BCUT2D eigenvalue weighted by Gasteiger charge is 2.15. The quantitative estimate of drug-likeness (QED) is 0.686. The third-order valence-corrected chi connectivity index (χ3v) is 3.40. The summed E-state index contributed by atoms with van der Waals surface area (Å²) in [4.78, 5) is 4.11. The Bertz CT molecular complexity index is 816. The van der Waals surface area contributed by atoms with Gasteiger partial charge in [-0.05, 0) is 30.3 Å². The second kappa shape index (κ2) is 5.18. The third-order valence-electron chi connectivity index (χ3n) is 3.09. The van der Waals surface area contributed by atoms with Crippen LogP contribution in [0.4, 0.5) is 25.8 Å². The molecule has 6 heteroatoms. The van der Waals surface area contributed by atoms with Crippen LogP contribution >= 0.6 is 11.6 Å². The number of anilines is 3. The molecule has 106 valence electrons. The van der Waals surface area contributed by atoms with E-state index in [0.717, 1.165) is 0 Å². The molecule has 1 heterocycles. The van der Waals surface area contributed by atoms with Crippen molar-refractivity contribution in [2.45, 2.75) is 0 Å². The molecule has 1 aromatic heterocycles. The first-order chi connectivity index (χ1) is 10.1. The van der Waals surface area contributed by atoms with E-state index in [2.05, 4.69) is 10.3 Å². The summed E-state index contributed by atoms with van der Waals surface area (Å²) in [5, 5.41) is 3.41. The van der Waals surface area contributed by atoms with Crippen molar-refractivity contribution in [1.29, 1.82) is 0 Å². The first-order valence-electron chi connectivity index (χ1n) is 6.11. The Hall–Kier alpha value is -2.40. The molecule has 21 heavy (non-hydrogen) atoms. The summed E-state index contributed by atoms with van der Waals surface area (Å²) in [6.45, 7) is 0. The average molecular weight is 306 g/mol. The van der Waals surface area contributed by atoms with E-state index in [0.29, 0.717) is 10.9 Å². The fraction of sp³-hybridized carbons (Fsp3) is 0. The molecule has 0 aliphatic rings. The maximum Gasteiger partial charge on any atom is 0.150 e. The number of aromatic nitrogens is 1. The minimum atomic E-state index is -0.627. The van der Waals surface area contributed by atoms with Gasteiger partial charge in [-0.25, -0.2) is 8.78 Å². The standard InChI is InChI=1S/C15H10ClF2N3/c16-9-4-1-5-10(17)14(9)21-15-11(18)7-12(19)8-3-2-6-20-13(8)15/h1-7,21H,19H2. The van der Waals surface area contributed by atoms with Gasteiger partial charge in [0.15, 0.2) is 5.82 Å². The summed E-state index contributed by atoms with van der Waals surface area (Å²) >= 11 is 5.94. The van der Waals surface area contributed by atoms with Crippen LogP contribution in [-0.2, 0) is 0 Å². The molecule has 0 bridgehead atoms. The van der Waals surface area contributed by atoms with Crippen molar-refractivity contribution < 1.29 is 8.78 Å². The van der Waals surface area contributed by atoms with Gasteiger partial charge in [-0.3, -0.25) is 4.98 Å². The van der Waals surface area contributed by atoms with Crippen LogP contribution in [0.2, 0.25) is 5.02 Å². The Morgan fingerprint density at radius 2 is 1.86 bits per heavy atom.